The van der Waals surface area contributed by atoms with E-state index in [1.54, 1.807) is 0 Å². The molecule has 2 aliphatic carbocycles. The van der Waals surface area contributed by atoms with Crippen LogP contribution in [-0.2, 0) is 14.3 Å². The summed E-state index contributed by atoms with van der Waals surface area (Å²) in [6.45, 7) is 11.5. The summed E-state index contributed by atoms with van der Waals surface area (Å²) in [5, 5.41) is 0.785. The Bertz CT molecular complexity index is 932. The molecule has 5 aliphatic rings. The number of rotatable bonds is 3. The number of hydrogen-bond donors (Lipinski definition) is 0. The lowest BCUT2D eigenvalue weighted by atomic mass is 9.53. The van der Waals surface area contributed by atoms with Crippen LogP contribution in [0.2, 0.25) is 5.02 Å². The molecule has 3 heterocycles. The summed E-state index contributed by atoms with van der Waals surface area (Å²) in [5.74, 6) is 0.758. The van der Waals surface area contributed by atoms with E-state index in [4.69, 9.17) is 21.1 Å². The lowest BCUT2D eigenvalue weighted by Gasteiger charge is -2.49. The highest BCUT2D eigenvalue weighted by molar-refractivity contribution is 6.30. The van der Waals surface area contributed by atoms with Crippen molar-refractivity contribution in [2.45, 2.75) is 64.3 Å². The van der Waals surface area contributed by atoms with E-state index < -0.39 is 0 Å². The molecule has 32 heavy (non-hydrogen) atoms. The van der Waals surface area contributed by atoms with E-state index in [0.29, 0.717) is 5.92 Å². The van der Waals surface area contributed by atoms with Crippen LogP contribution in [0.25, 0.3) is 0 Å². The van der Waals surface area contributed by atoms with Gasteiger partial charge in [0.05, 0.1) is 12.0 Å². The summed E-state index contributed by atoms with van der Waals surface area (Å²) < 4.78 is 12.6. The minimum atomic E-state index is -0.0532. The average molecular weight is 459 g/mol. The maximum atomic E-state index is 13.0. The zero-order chi connectivity index (χ0) is 22.3. The fourth-order valence-electron chi connectivity index (χ4n) is 7.82. The van der Waals surface area contributed by atoms with Crippen molar-refractivity contribution in [2.75, 3.05) is 37.6 Å². The average Bonchev–Trinajstić information content (AvgIpc) is 3.45. The Balaban J connectivity index is 1.15. The fraction of sp³-hybridized carbons (Fsp3) is 0.731. The first-order valence-electron chi connectivity index (χ1n) is 12.4. The van der Waals surface area contributed by atoms with Crippen molar-refractivity contribution in [3.05, 3.63) is 28.8 Å². The lowest BCUT2D eigenvalue weighted by Crippen LogP contribution is -2.55. The second kappa shape index (κ2) is 7.35. The third kappa shape index (κ3) is 3.00. The van der Waals surface area contributed by atoms with Crippen molar-refractivity contribution in [2.24, 2.45) is 23.2 Å². The Labute approximate surface area is 196 Å². The second-order valence-corrected chi connectivity index (χ2v) is 11.7. The first-order valence-corrected chi connectivity index (χ1v) is 12.8. The Morgan fingerprint density at radius 3 is 2.78 bits per heavy atom. The van der Waals surface area contributed by atoms with Crippen LogP contribution in [0.3, 0.4) is 0 Å². The summed E-state index contributed by atoms with van der Waals surface area (Å²) in [6, 6.07) is 6.11. The van der Waals surface area contributed by atoms with Crippen molar-refractivity contribution in [3.8, 4) is 0 Å². The van der Waals surface area contributed by atoms with Gasteiger partial charge in [-0.15, -0.1) is 0 Å². The molecule has 174 valence electrons. The normalized spacial score (nSPS) is 43.3. The van der Waals surface area contributed by atoms with Crippen LogP contribution in [0.5, 0.6) is 0 Å². The van der Waals surface area contributed by atoms with Gasteiger partial charge in [0.2, 0.25) is 0 Å². The van der Waals surface area contributed by atoms with E-state index in [2.05, 4.69) is 42.7 Å². The fourth-order valence-corrected chi connectivity index (χ4v) is 7.98. The number of epoxide rings is 1. The molecular formula is C26H35ClN2O3. The highest BCUT2D eigenvalue weighted by Gasteiger charge is 2.78. The number of anilines is 1. The van der Waals surface area contributed by atoms with Crippen molar-refractivity contribution >= 4 is 23.3 Å². The molecule has 0 radical (unpaired) electrons. The first kappa shape index (κ1) is 21.2. The molecule has 0 aromatic heterocycles. The second-order valence-electron chi connectivity index (χ2n) is 11.3. The summed E-state index contributed by atoms with van der Waals surface area (Å²) in [4.78, 5) is 17.9. The van der Waals surface area contributed by atoms with Gasteiger partial charge in [-0.05, 0) is 49.8 Å². The van der Waals surface area contributed by atoms with E-state index in [0.717, 1.165) is 44.2 Å². The third-order valence-corrected chi connectivity index (χ3v) is 9.77. The van der Waals surface area contributed by atoms with Crippen molar-refractivity contribution in [1.29, 1.82) is 0 Å². The number of fused-ring (bicyclic) bond motifs is 2. The number of nitrogens with zero attached hydrogens (tertiary/aromatic N) is 2. The lowest BCUT2D eigenvalue weighted by molar-refractivity contribution is -0.146. The van der Waals surface area contributed by atoms with Crippen LogP contribution in [0, 0.1) is 30.1 Å². The molecule has 1 aromatic carbocycles. The highest BCUT2D eigenvalue weighted by Crippen LogP contribution is 2.70. The molecule has 6 rings (SSSR count). The van der Waals surface area contributed by atoms with Gasteiger partial charge in [-0.1, -0.05) is 37.9 Å². The zero-order valence-electron chi connectivity index (χ0n) is 19.5. The van der Waals surface area contributed by atoms with Crippen molar-refractivity contribution in [3.63, 3.8) is 0 Å². The summed E-state index contributed by atoms with van der Waals surface area (Å²) in [6.07, 6.45) is 4.92. The number of piperazine rings is 1. The molecule has 7 atom stereocenters. The molecule has 1 spiro atoms. The van der Waals surface area contributed by atoms with Crippen LogP contribution in [0.15, 0.2) is 18.2 Å². The van der Waals surface area contributed by atoms with Crippen LogP contribution >= 0.6 is 11.6 Å². The molecule has 3 saturated heterocycles. The molecule has 0 amide bonds. The van der Waals surface area contributed by atoms with Gasteiger partial charge >= 0.3 is 5.97 Å². The Morgan fingerprint density at radius 2 is 2.00 bits per heavy atom. The van der Waals surface area contributed by atoms with Crippen LogP contribution in [0.4, 0.5) is 5.69 Å². The maximum Gasteiger partial charge on any atom is 0.311 e. The van der Waals surface area contributed by atoms with E-state index in [9.17, 15) is 4.79 Å². The quantitative estimate of drug-likeness (QED) is 0.499. The topological polar surface area (TPSA) is 45.3 Å². The maximum absolute atomic E-state index is 13.0. The first-order chi connectivity index (χ1) is 15.3. The minimum Gasteiger partial charge on any atom is -0.462 e. The standard InChI is InChI=1S/C26H35ClN2O3/c1-16-6-7-18(27)13-20(16)29-11-9-28(10-12-29)15-19-22-21(31-24(19)30)14-25(3)8-4-5-17(2)26(25)23(22)32-26/h6-7,13,17,19,21-23H,4-5,8-12,14-15H2,1-3H3. The molecule has 7 unspecified atom stereocenters. The number of ether oxygens (including phenoxy) is 2. The van der Waals surface area contributed by atoms with Gasteiger partial charge in [-0.25, -0.2) is 0 Å². The smallest absolute Gasteiger partial charge is 0.311 e. The molecule has 5 nitrogen and oxygen atoms in total. The number of carbonyl (C=O) groups is 1. The Kier molecular flexibility index (Phi) is 4.88. The monoisotopic (exact) mass is 458 g/mol. The summed E-state index contributed by atoms with van der Waals surface area (Å²) in [7, 11) is 0. The van der Waals surface area contributed by atoms with Gasteiger partial charge in [0.1, 0.15) is 11.7 Å². The molecule has 5 fully saturated rings. The summed E-state index contributed by atoms with van der Waals surface area (Å²) in [5.41, 5.74) is 2.63. The SMILES string of the molecule is Cc1ccc(Cl)cc1N1CCN(CC2C(=O)OC3CC4(C)CCCC(C)C45OC5C32)CC1. The Hall–Kier alpha value is -1.30. The number of benzene rings is 1. The molecule has 1 aromatic rings. The minimum absolute atomic E-state index is 0.00802. The predicted molar refractivity (Wildman–Crippen MR) is 125 cm³/mol. The molecule has 0 N–H and O–H groups in total. The van der Waals surface area contributed by atoms with Gasteiger partial charge in [-0.3, -0.25) is 9.69 Å². The molecule has 0 bridgehead atoms. The Morgan fingerprint density at radius 1 is 1.22 bits per heavy atom. The number of carbonyl (C=O) groups excluding carboxylic acids is 1. The van der Waals surface area contributed by atoms with E-state index in [1.165, 1.54) is 30.5 Å². The van der Waals surface area contributed by atoms with Crippen molar-refractivity contribution in [1.82, 2.24) is 4.90 Å². The highest BCUT2D eigenvalue weighted by atomic mass is 35.5. The van der Waals surface area contributed by atoms with Gasteiger partial charge in [0.15, 0.2) is 0 Å². The van der Waals surface area contributed by atoms with Crippen LogP contribution in [-0.4, -0.2) is 61.4 Å². The number of esters is 1. The van der Waals surface area contributed by atoms with Crippen molar-refractivity contribution < 1.29 is 14.3 Å². The largest absolute Gasteiger partial charge is 0.462 e. The van der Waals surface area contributed by atoms with E-state index in [-0.39, 0.29) is 41.0 Å². The predicted octanol–water partition coefficient (Wildman–Crippen LogP) is 4.30. The molecule has 2 saturated carbocycles. The zero-order valence-corrected chi connectivity index (χ0v) is 20.2. The van der Waals surface area contributed by atoms with Gasteiger partial charge < -0.3 is 14.4 Å². The molecule has 6 heteroatoms. The van der Waals surface area contributed by atoms with Crippen LogP contribution < -0.4 is 4.90 Å². The number of hydrogen-bond acceptors (Lipinski definition) is 5. The summed E-state index contributed by atoms with van der Waals surface area (Å²) >= 11 is 6.24. The number of halogens is 1. The van der Waals surface area contributed by atoms with Gasteiger partial charge in [-0.2, -0.15) is 0 Å². The van der Waals surface area contributed by atoms with Crippen LogP contribution in [0.1, 0.15) is 45.1 Å². The molecular weight excluding hydrogens is 424 g/mol. The van der Waals surface area contributed by atoms with Gasteiger partial charge in [0, 0.05) is 54.8 Å². The third-order valence-electron chi connectivity index (χ3n) is 9.53. The van der Waals surface area contributed by atoms with E-state index >= 15 is 0 Å². The van der Waals surface area contributed by atoms with E-state index in [1.807, 2.05) is 6.07 Å². The molecule has 3 aliphatic heterocycles. The van der Waals surface area contributed by atoms with Gasteiger partial charge in [0.25, 0.3) is 0 Å². The number of aryl methyl sites for hydroxylation is 1.